The Labute approximate surface area is 114 Å². The monoisotopic (exact) mass is 266 g/mol. The number of methoxy groups -OCH3 is 1. The van der Waals surface area contributed by atoms with Crippen LogP contribution in [0.3, 0.4) is 0 Å². The van der Waals surface area contributed by atoms with E-state index in [1.54, 1.807) is 25.3 Å². The summed E-state index contributed by atoms with van der Waals surface area (Å²) in [6.45, 7) is 7.30. The quantitative estimate of drug-likeness (QED) is 0.881. The lowest BCUT2D eigenvalue weighted by Gasteiger charge is -2.20. The van der Waals surface area contributed by atoms with Gasteiger partial charge < -0.3 is 15.2 Å². The van der Waals surface area contributed by atoms with Crippen molar-refractivity contribution in [3.8, 4) is 5.75 Å². The van der Waals surface area contributed by atoms with Crippen molar-refractivity contribution < 1.29 is 14.3 Å². The molecule has 5 nitrogen and oxygen atoms in total. The van der Waals surface area contributed by atoms with Gasteiger partial charge in [0.2, 0.25) is 0 Å². The van der Waals surface area contributed by atoms with Crippen LogP contribution in [0.5, 0.6) is 5.75 Å². The van der Waals surface area contributed by atoms with Crippen molar-refractivity contribution in [1.82, 2.24) is 0 Å². The number of nitrogens with two attached hydrogens (primary N) is 1. The summed E-state index contributed by atoms with van der Waals surface area (Å²) < 4.78 is 10.4. The van der Waals surface area contributed by atoms with E-state index in [4.69, 9.17) is 15.2 Å². The van der Waals surface area contributed by atoms with Crippen LogP contribution in [0.4, 0.5) is 10.5 Å². The molecule has 0 saturated carbocycles. The van der Waals surface area contributed by atoms with Gasteiger partial charge in [0.1, 0.15) is 11.4 Å². The van der Waals surface area contributed by atoms with Crippen molar-refractivity contribution in [2.24, 2.45) is 5.73 Å². The van der Waals surface area contributed by atoms with Crippen LogP contribution in [-0.2, 0) is 4.74 Å². The summed E-state index contributed by atoms with van der Waals surface area (Å²) in [5.74, 6) is 0.699. The maximum Gasteiger partial charge on any atom is 0.412 e. The van der Waals surface area contributed by atoms with E-state index in [1.165, 1.54) is 0 Å². The summed E-state index contributed by atoms with van der Waals surface area (Å²) in [5.41, 5.74) is 6.80. The molecule has 3 N–H and O–H groups in total. The normalized spacial score (nSPS) is 12.7. The molecule has 106 valence electrons. The van der Waals surface area contributed by atoms with Crippen LogP contribution in [0, 0.1) is 0 Å². The third-order valence-electron chi connectivity index (χ3n) is 2.37. The van der Waals surface area contributed by atoms with Gasteiger partial charge in [-0.2, -0.15) is 0 Å². The molecule has 5 heteroatoms. The summed E-state index contributed by atoms with van der Waals surface area (Å²) in [6.07, 6.45) is -0.492. The van der Waals surface area contributed by atoms with Gasteiger partial charge in [0.05, 0.1) is 7.11 Å². The summed E-state index contributed by atoms with van der Waals surface area (Å²) >= 11 is 0. The number of carbonyl (C=O) groups is 1. The van der Waals surface area contributed by atoms with Gasteiger partial charge in [-0.15, -0.1) is 0 Å². The van der Waals surface area contributed by atoms with Gasteiger partial charge in [0, 0.05) is 17.3 Å². The second-order valence-electron chi connectivity index (χ2n) is 5.37. The van der Waals surface area contributed by atoms with Crippen molar-refractivity contribution in [3.63, 3.8) is 0 Å². The highest BCUT2D eigenvalue weighted by Gasteiger charge is 2.17. The molecule has 0 spiro atoms. The molecule has 0 unspecified atom stereocenters. The van der Waals surface area contributed by atoms with Crippen LogP contribution in [0.1, 0.15) is 39.3 Å². The molecule has 0 fully saturated rings. The molecule has 0 aromatic heterocycles. The van der Waals surface area contributed by atoms with Crippen molar-refractivity contribution in [2.45, 2.75) is 39.3 Å². The number of ether oxygens (including phenoxy) is 2. The molecule has 1 atom stereocenters. The largest absolute Gasteiger partial charge is 0.496 e. The third-order valence-corrected chi connectivity index (χ3v) is 2.37. The molecule has 1 aromatic rings. The molecular weight excluding hydrogens is 244 g/mol. The van der Waals surface area contributed by atoms with E-state index in [0.29, 0.717) is 11.4 Å². The first kappa shape index (κ1) is 15.3. The van der Waals surface area contributed by atoms with Gasteiger partial charge in [-0.25, -0.2) is 4.79 Å². The summed E-state index contributed by atoms with van der Waals surface area (Å²) in [6, 6.07) is 5.11. The first-order valence-electron chi connectivity index (χ1n) is 6.16. The van der Waals surface area contributed by atoms with Gasteiger partial charge >= 0.3 is 6.09 Å². The summed E-state index contributed by atoms with van der Waals surface area (Å²) in [7, 11) is 1.59. The average Bonchev–Trinajstić information content (AvgIpc) is 2.26. The zero-order valence-electron chi connectivity index (χ0n) is 12.1. The highest BCUT2D eigenvalue weighted by molar-refractivity contribution is 5.85. The van der Waals surface area contributed by atoms with Gasteiger partial charge in [0.15, 0.2) is 0 Å². The van der Waals surface area contributed by atoms with Crippen molar-refractivity contribution >= 4 is 11.8 Å². The predicted molar refractivity (Wildman–Crippen MR) is 75.5 cm³/mol. The standard InChI is InChI=1S/C14H22N2O3/c1-9(15)11-8-10(6-7-12(11)18-5)16-13(17)19-14(2,3)4/h6-9H,15H2,1-5H3,(H,16,17)/t9-/m0/s1. The number of rotatable bonds is 3. The molecule has 0 bridgehead atoms. The van der Waals surface area contributed by atoms with Gasteiger partial charge in [-0.05, 0) is 45.9 Å². The van der Waals surface area contributed by atoms with E-state index in [-0.39, 0.29) is 6.04 Å². The van der Waals surface area contributed by atoms with E-state index < -0.39 is 11.7 Å². The Hall–Kier alpha value is -1.75. The molecule has 1 rings (SSSR count). The zero-order valence-corrected chi connectivity index (χ0v) is 12.1. The molecule has 1 aromatic carbocycles. The smallest absolute Gasteiger partial charge is 0.412 e. The van der Waals surface area contributed by atoms with Crippen molar-refractivity contribution in [3.05, 3.63) is 23.8 Å². The SMILES string of the molecule is COc1ccc(NC(=O)OC(C)(C)C)cc1[C@H](C)N. The number of hydrogen-bond donors (Lipinski definition) is 2. The van der Waals surface area contributed by atoms with Crippen LogP contribution < -0.4 is 15.8 Å². The fraction of sp³-hybridized carbons (Fsp3) is 0.500. The van der Waals surface area contributed by atoms with Crippen LogP contribution >= 0.6 is 0 Å². The number of carbonyl (C=O) groups excluding carboxylic acids is 1. The van der Waals surface area contributed by atoms with Crippen molar-refractivity contribution in [2.75, 3.05) is 12.4 Å². The van der Waals surface area contributed by atoms with Crippen molar-refractivity contribution in [1.29, 1.82) is 0 Å². The summed E-state index contributed by atoms with van der Waals surface area (Å²) in [5, 5.41) is 2.67. The summed E-state index contributed by atoms with van der Waals surface area (Å²) in [4.78, 5) is 11.7. The van der Waals surface area contributed by atoms with E-state index in [2.05, 4.69) is 5.32 Å². The molecule has 1 amide bonds. The maximum absolute atomic E-state index is 11.7. The Balaban J connectivity index is 2.85. The van der Waals surface area contributed by atoms with E-state index in [1.807, 2.05) is 27.7 Å². The second kappa shape index (κ2) is 5.93. The lowest BCUT2D eigenvalue weighted by molar-refractivity contribution is 0.0636. The molecule has 0 aliphatic rings. The Morgan fingerprint density at radius 1 is 1.37 bits per heavy atom. The molecular formula is C14H22N2O3. The number of benzene rings is 1. The Morgan fingerprint density at radius 2 is 2.00 bits per heavy atom. The Kier molecular flexibility index (Phi) is 4.78. The molecule has 0 saturated heterocycles. The molecule has 0 radical (unpaired) electrons. The zero-order chi connectivity index (χ0) is 14.6. The van der Waals surface area contributed by atoms with Gasteiger partial charge in [-0.1, -0.05) is 0 Å². The molecule has 0 heterocycles. The number of nitrogens with one attached hydrogen (secondary N) is 1. The first-order chi connectivity index (χ1) is 8.73. The Bertz CT molecular complexity index is 450. The topological polar surface area (TPSA) is 73.6 Å². The number of amides is 1. The van der Waals surface area contributed by atoms with Crippen LogP contribution in [0.25, 0.3) is 0 Å². The van der Waals surface area contributed by atoms with Gasteiger partial charge in [-0.3, -0.25) is 5.32 Å². The maximum atomic E-state index is 11.7. The van der Waals surface area contributed by atoms with E-state index in [0.717, 1.165) is 5.56 Å². The minimum absolute atomic E-state index is 0.185. The molecule has 0 aliphatic heterocycles. The average molecular weight is 266 g/mol. The number of anilines is 1. The van der Waals surface area contributed by atoms with Crippen LogP contribution in [0.15, 0.2) is 18.2 Å². The molecule has 0 aliphatic carbocycles. The minimum atomic E-state index is -0.527. The van der Waals surface area contributed by atoms with E-state index in [9.17, 15) is 4.79 Å². The van der Waals surface area contributed by atoms with Crippen LogP contribution in [-0.4, -0.2) is 18.8 Å². The predicted octanol–water partition coefficient (Wildman–Crippen LogP) is 3.06. The highest BCUT2D eigenvalue weighted by Crippen LogP contribution is 2.27. The minimum Gasteiger partial charge on any atom is -0.496 e. The Morgan fingerprint density at radius 3 is 2.47 bits per heavy atom. The fourth-order valence-electron chi connectivity index (χ4n) is 1.59. The number of hydrogen-bond acceptors (Lipinski definition) is 4. The second-order valence-corrected chi connectivity index (χ2v) is 5.37. The fourth-order valence-corrected chi connectivity index (χ4v) is 1.59. The third kappa shape index (κ3) is 4.79. The highest BCUT2D eigenvalue weighted by atomic mass is 16.6. The van der Waals surface area contributed by atoms with Crippen LogP contribution in [0.2, 0.25) is 0 Å². The van der Waals surface area contributed by atoms with Gasteiger partial charge in [0.25, 0.3) is 0 Å². The lowest BCUT2D eigenvalue weighted by Crippen LogP contribution is -2.27. The van der Waals surface area contributed by atoms with E-state index >= 15 is 0 Å². The molecule has 19 heavy (non-hydrogen) atoms. The lowest BCUT2D eigenvalue weighted by atomic mass is 10.1. The first-order valence-corrected chi connectivity index (χ1v) is 6.16.